The zero-order valence-electron chi connectivity index (χ0n) is 50.6. The van der Waals surface area contributed by atoms with Crippen LogP contribution in [-0.4, -0.2) is 198 Å². The number of carbonyl (C=O) groups excluding carboxylic acids is 4. The molecule has 7 heterocycles. The summed E-state index contributed by atoms with van der Waals surface area (Å²) in [7, 11) is 7.99. The number of benzene rings is 2. The number of alkyl halides is 2. The lowest BCUT2D eigenvalue weighted by Gasteiger charge is -2.41. The van der Waals surface area contributed by atoms with E-state index in [-0.39, 0.29) is 77.8 Å². The second kappa shape index (κ2) is 30.5. The van der Waals surface area contributed by atoms with Crippen LogP contribution in [0.15, 0.2) is 58.8 Å². The van der Waals surface area contributed by atoms with Gasteiger partial charge in [-0.3, -0.25) is 19.2 Å². The number of carbonyl (C=O) groups is 4. The molecule has 2 aromatic carbocycles. The van der Waals surface area contributed by atoms with Crippen molar-refractivity contribution in [2.24, 2.45) is 13.0 Å². The van der Waals surface area contributed by atoms with Gasteiger partial charge in [-0.15, -0.1) is 0 Å². The van der Waals surface area contributed by atoms with Crippen LogP contribution >= 0.6 is 11.6 Å². The number of hydrazine groups is 1. The Morgan fingerprint density at radius 3 is 2.33 bits per heavy atom. The number of allylic oxidation sites excluding steroid dienone is 1. The van der Waals surface area contributed by atoms with E-state index in [0.29, 0.717) is 156 Å². The molecule has 0 bridgehead atoms. The summed E-state index contributed by atoms with van der Waals surface area (Å²) in [6.07, 6.45) is 6.25. The molecule has 88 heavy (non-hydrogen) atoms. The minimum Gasteiger partial charge on any atom is -0.494 e. The number of quaternary nitrogens is 1. The number of hydrogen-bond donors (Lipinski definition) is 7. The van der Waals surface area contributed by atoms with Crippen LogP contribution in [-0.2, 0) is 42.1 Å². The average Bonchev–Trinajstić information content (AvgIpc) is 1.55. The Bertz CT molecular complexity index is 3300. The summed E-state index contributed by atoms with van der Waals surface area (Å²) in [5.74, 6) is 0.620. The third-order valence-electron chi connectivity index (χ3n) is 16.7. The van der Waals surface area contributed by atoms with E-state index in [1.165, 1.54) is 24.9 Å². The fourth-order valence-corrected chi connectivity index (χ4v) is 12.2. The Kier molecular flexibility index (Phi) is 22.4. The number of methoxy groups -OCH3 is 1. The third kappa shape index (κ3) is 15.2. The Morgan fingerprint density at radius 2 is 1.64 bits per heavy atom. The Labute approximate surface area is 514 Å². The number of piperidine rings is 2. The second-order valence-electron chi connectivity index (χ2n) is 22.1. The number of amides is 5. The molecule has 0 saturated carbocycles. The normalized spacial score (nSPS) is 17.5. The van der Waals surface area contributed by atoms with Crippen molar-refractivity contribution in [1.82, 2.24) is 50.7 Å². The maximum atomic E-state index is 14.8. The fourth-order valence-electron chi connectivity index (χ4n) is 12.1. The van der Waals surface area contributed by atoms with Gasteiger partial charge >= 0.3 is 6.03 Å². The molecule has 5 aliphatic rings. The molecule has 0 spiro atoms. The minimum atomic E-state index is -2.74. The van der Waals surface area contributed by atoms with E-state index >= 15 is 0 Å². The zero-order chi connectivity index (χ0) is 62.4. The van der Waals surface area contributed by atoms with Crippen molar-refractivity contribution in [3.63, 3.8) is 0 Å². The van der Waals surface area contributed by atoms with Gasteiger partial charge in [0.1, 0.15) is 23.1 Å². The summed E-state index contributed by atoms with van der Waals surface area (Å²) in [6.45, 7) is 5.76. The van der Waals surface area contributed by atoms with Crippen molar-refractivity contribution in [3.8, 4) is 11.5 Å². The number of aryl methyl sites for hydroxylation is 2. The zero-order valence-corrected chi connectivity index (χ0v) is 51.3. The van der Waals surface area contributed by atoms with Gasteiger partial charge in [0.25, 0.3) is 17.9 Å². The Hall–Kier alpha value is -7.69. The van der Waals surface area contributed by atoms with Gasteiger partial charge in [0, 0.05) is 138 Å². The summed E-state index contributed by atoms with van der Waals surface area (Å²) in [6, 6.07) is 8.38. The molecular weight excluding hydrogens is 1160 g/mol. The number of ether oxygens (including phenoxy) is 5. The Balaban J connectivity index is 0.649. The molecule has 25 nitrogen and oxygen atoms in total. The predicted molar refractivity (Wildman–Crippen MR) is 328 cm³/mol. The van der Waals surface area contributed by atoms with E-state index < -0.39 is 12.0 Å². The summed E-state index contributed by atoms with van der Waals surface area (Å²) in [5.41, 5.74) is 8.94. The van der Waals surface area contributed by atoms with E-state index in [0.717, 1.165) is 48.0 Å². The molecule has 2 fully saturated rings. The number of fused-ring (bicyclic) bond motifs is 2. The molecular formula is C60H81ClF2N15O10+. The topological polar surface area (TPSA) is 279 Å². The number of nitrogens with two attached hydrogens (primary N) is 1. The molecule has 1 atom stereocenters. The number of anilines is 4. The van der Waals surface area contributed by atoms with E-state index in [4.69, 9.17) is 45.7 Å². The van der Waals surface area contributed by atoms with Crippen LogP contribution < -0.4 is 56.8 Å². The first-order valence-corrected chi connectivity index (χ1v) is 30.4. The van der Waals surface area contributed by atoms with E-state index in [2.05, 4.69) is 41.6 Å². The van der Waals surface area contributed by atoms with Gasteiger partial charge in [0.05, 0.1) is 77.5 Å². The molecule has 0 radical (unpaired) electrons. The lowest BCUT2D eigenvalue weighted by atomic mass is 9.91. The molecule has 5 amide bonds. The van der Waals surface area contributed by atoms with Crippen molar-refractivity contribution in [1.29, 1.82) is 5.41 Å². The van der Waals surface area contributed by atoms with Crippen LogP contribution in [0.5, 0.6) is 11.5 Å². The van der Waals surface area contributed by atoms with Crippen molar-refractivity contribution in [2.75, 3.05) is 142 Å². The average molecular weight is 1250 g/mol. The van der Waals surface area contributed by atoms with Crippen LogP contribution in [0.2, 0.25) is 5.02 Å². The van der Waals surface area contributed by atoms with Crippen LogP contribution in [0, 0.1) is 11.3 Å². The highest BCUT2D eigenvalue weighted by atomic mass is 35.5. The number of likely N-dealkylation sites (N-methyl/N-ethyl adjacent to an activating group) is 1. The number of likely N-dealkylation sites (tertiary alicyclic amines) is 1. The van der Waals surface area contributed by atoms with E-state index in [1.807, 2.05) is 15.9 Å². The lowest BCUT2D eigenvalue weighted by Crippen LogP contribution is -2.72. The SMILES string of the molecule is CNC(=O)COc1cc2cc(Nc3nc(N4CCC(C(=O)NCCOCCOCCOCCC(=O)N5CCC(N6NC(N7CCCc8cc(/C(C=N)=C/[NH2+]C)c(C(F)F)cc87)C7=C6CCN(C(=O)NC)C7)CC5)CC4)ncc3Cl)cc(OC)c2n(C)c1=O. The highest BCUT2D eigenvalue weighted by Gasteiger charge is 2.43. The highest BCUT2D eigenvalue weighted by Crippen LogP contribution is 2.42. The number of urea groups is 1. The summed E-state index contributed by atoms with van der Waals surface area (Å²) < 4.78 is 59.2. The summed E-state index contributed by atoms with van der Waals surface area (Å²) in [4.78, 5) is 81.3. The molecule has 2 aromatic heterocycles. The molecule has 5 aliphatic heterocycles. The number of hydrogen-bond acceptors (Lipinski definition) is 18. The van der Waals surface area contributed by atoms with Crippen LogP contribution in [0.3, 0.4) is 0 Å². The van der Waals surface area contributed by atoms with Gasteiger partial charge in [0.2, 0.25) is 17.8 Å². The van der Waals surface area contributed by atoms with Crippen LogP contribution in [0.4, 0.5) is 36.7 Å². The van der Waals surface area contributed by atoms with Crippen molar-refractivity contribution >= 4 is 81.2 Å². The third-order valence-corrected chi connectivity index (χ3v) is 16.9. The van der Waals surface area contributed by atoms with Gasteiger partial charge in [-0.25, -0.2) is 24.0 Å². The maximum absolute atomic E-state index is 14.8. The van der Waals surface area contributed by atoms with Crippen LogP contribution in [0.25, 0.3) is 16.5 Å². The molecule has 4 aromatic rings. The van der Waals surface area contributed by atoms with Gasteiger partial charge in [-0.2, -0.15) is 4.98 Å². The molecule has 28 heteroatoms. The van der Waals surface area contributed by atoms with Gasteiger partial charge in [-0.05, 0) is 73.9 Å². The first kappa shape index (κ1) is 64.8. The number of nitrogens with one attached hydrogen (secondary N) is 6. The first-order valence-electron chi connectivity index (χ1n) is 30.0. The fraction of sp³-hybridized carbons (Fsp3) is 0.533. The summed E-state index contributed by atoms with van der Waals surface area (Å²) >= 11 is 6.57. The molecule has 8 N–H and O–H groups in total. The van der Waals surface area contributed by atoms with Crippen molar-refractivity contribution in [2.45, 2.75) is 70.0 Å². The Morgan fingerprint density at radius 1 is 0.898 bits per heavy atom. The molecule has 9 rings (SSSR count). The monoisotopic (exact) mass is 1240 g/mol. The minimum absolute atomic E-state index is 0.00230. The van der Waals surface area contributed by atoms with Gasteiger partial charge in [-0.1, -0.05) is 11.6 Å². The van der Waals surface area contributed by atoms with Gasteiger partial charge < -0.3 is 84.9 Å². The second-order valence-corrected chi connectivity index (χ2v) is 22.5. The molecule has 476 valence electrons. The number of rotatable bonds is 26. The van der Waals surface area contributed by atoms with E-state index in [9.17, 15) is 32.8 Å². The summed E-state index contributed by atoms with van der Waals surface area (Å²) in [5, 5.41) is 24.3. The first-order chi connectivity index (χ1) is 42.6. The lowest BCUT2D eigenvalue weighted by molar-refractivity contribution is -0.555. The largest absolute Gasteiger partial charge is 0.494 e. The number of nitrogens with zero attached hydrogens (tertiary/aromatic N) is 8. The predicted octanol–water partition coefficient (Wildman–Crippen LogP) is 3.64. The van der Waals surface area contributed by atoms with Crippen molar-refractivity contribution < 1.29 is 57.0 Å². The molecule has 2 saturated heterocycles. The van der Waals surface area contributed by atoms with E-state index in [1.54, 1.807) is 61.8 Å². The number of pyridine rings is 1. The molecule has 1 unspecified atom stereocenters. The maximum Gasteiger partial charge on any atom is 0.317 e. The highest BCUT2D eigenvalue weighted by molar-refractivity contribution is 6.33. The smallest absolute Gasteiger partial charge is 0.317 e. The van der Waals surface area contributed by atoms with Crippen molar-refractivity contribution in [3.05, 3.63) is 86.1 Å². The standard InChI is InChI=1S/C60H80ClF2N15O10/c1-65-33-40(32-64)43-28-38-7-6-15-77(48(38)31-44(43)54(62)63)56-45-35-76(60(83)67-3)20-12-47(45)78(72-56)42-10-18-74(19-11-42)52(80)13-21-85-23-25-87-26-24-86-22-14-68-57(81)37-8-16-75(17-9-37)59-69-34-46(61)55(71-59)70-41-27-39-29-50(88-36-51(79)66-2)58(82)73(4)53(39)49(30-41)84-5/h27-34,37,42,54,56,64-65,72H,6-26,35-36H2,1-5H3,(H,66,79)(H,67,83)(H,68,81)(H,69,70,71)/p+1/b40-33+,64-32?. The number of aromatic nitrogens is 3. The van der Waals surface area contributed by atoms with Crippen LogP contribution in [0.1, 0.15) is 68.1 Å². The molecule has 0 aliphatic carbocycles. The number of halogens is 3. The van der Waals surface area contributed by atoms with Gasteiger partial charge in [0.15, 0.2) is 18.2 Å². The quantitative estimate of drug-likeness (QED) is 0.0349.